The molecular formula is C11H16N4P2. The molecule has 90 valence electrons. The zero-order valence-electron chi connectivity index (χ0n) is 10.2. The van der Waals surface area contributed by atoms with Crippen LogP contribution in [-0.2, 0) is 5.41 Å². The third kappa shape index (κ3) is 2.53. The van der Waals surface area contributed by atoms with E-state index in [0.717, 1.165) is 5.82 Å². The molecule has 2 unspecified atom stereocenters. The van der Waals surface area contributed by atoms with Crippen LogP contribution in [0.4, 0.5) is 0 Å². The molecule has 17 heavy (non-hydrogen) atoms. The second-order valence-corrected chi connectivity index (χ2v) is 7.21. The van der Waals surface area contributed by atoms with E-state index in [4.69, 9.17) is 0 Å². The fourth-order valence-corrected chi connectivity index (χ4v) is 3.07. The topological polar surface area (TPSA) is 43.6 Å². The van der Waals surface area contributed by atoms with Crippen LogP contribution in [0.25, 0.3) is 0 Å². The predicted octanol–water partition coefficient (Wildman–Crippen LogP) is 2.32. The van der Waals surface area contributed by atoms with Crippen LogP contribution in [0.5, 0.6) is 0 Å². The minimum Gasteiger partial charge on any atom is -0.214 e. The molecule has 1 aliphatic carbocycles. The highest BCUT2D eigenvalue weighted by Gasteiger charge is 2.28. The molecule has 0 fully saturated rings. The van der Waals surface area contributed by atoms with Gasteiger partial charge in [-0.25, -0.2) is 4.45 Å². The van der Waals surface area contributed by atoms with E-state index < -0.39 is 0 Å². The zero-order chi connectivity index (χ0) is 12.5. The van der Waals surface area contributed by atoms with Gasteiger partial charge in [-0.3, -0.25) is 0 Å². The molecule has 0 saturated carbocycles. The summed E-state index contributed by atoms with van der Waals surface area (Å²) in [7, 11) is 2.39. The van der Waals surface area contributed by atoms with Gasteiger partial charge in [-0.2, -0.15) is 0 Å². The minimum atomic E-state index is -0.253. The van der Waals surface area contributed by atoms with E-state index >= 15 is 0 Å². The summed E-state index contributed by atoms with van der Waals surface area (Å²) in [6, 6.07) is 0. The number of tetrazole rings is 1. The fraction of sp³-hybridized carbons (Fsp3) is 0.364. The van der Waals surface area contributed by atoms with E-state index in [2.05, 4.69) is 75.5 Å². The van der Waals surface area contributed by atoms with E-state index in [0.29, 0.717) is 0 Å². The lowest BCUT2D eigenvalue weighted by atomic mass is 9.89. The third-order valence-corrected chi connectivity index (χ3v) is 4.42. The van der Waals surface area contributed by atoms with E-state index in [1.54, 1.807) is 4.45 Å². The number of hydrogen-bond acceptors (Lipinski definition) is 3. The number of hydrogen-bond donors (Lipinski definition) is 0. The summed E-state index contributed by atoms with van der Waals surface area (Å²) in [5, 5.41) is 13.1. The molecule has 4 nitrogen and oxygen atoms in total. The molecule has 0 bridgehead atoms. The highest BCUT2D eigenvalue weighted by molar-refractivity contribution is 7.60. The SMILES string of the molecule is CP(C)C1=CC(C)(c2nnnn2P)C=CC=C1. The third-order valence-electron chi connectivity index (χ3n) is 2.76. The highest BCUT2D eigenvalue weighted by Crippen LogP contribution is 2.42. The van der Waals surface area contributed by atoms with E-state index in [-0.39, 0.29) is 13.3 Å². The standard InChI is InChI=1S/C11H16N4P2/c1-11(10-12-13-14-15(10)16)7-5-4-6-9(8-11)17(2)3/h4-8H,16H2,1-3H3. The van der Waals surface area contributed by atoms with Crippen molar-refractivity contribution < 1.29 is 0 Å². The molecule has 0 N–H and O–H groups in total. The Hall–Kier alpha value is -0.850. The smallest absolute Gasteiger partial charge is 0.167 e. The van der Waals surface area contributed by atoms with Crippen LogP contribution < -0.4 is 0 Å². The lowest BCUT2D eigenvalue weighted by molar-refractivity contribution is 0.675. The normalized spacial score (nSPS) is 23.9. The Morgan fingerprint density at radius 1 is 1.35 bits per heavy atom. The lowest BCUT2D eigenvalue weighted by Crippen LogP contribution is -2.20. The van der Waals surface area contributed by atoms with Gasteiger partial charge in [0.25, 0.3) is 0 Å². The van der Waals surface area contributed by atoms with Gasteiger partial charge < -0.3 is 0 Å². The molecule has 2 atom stereocenters. The van der Waals surface area contributed by atoms with Crippen LogP contribution in [0.15, 0.2) is 35.7 Å². The van der Waals surface area contributed by atoms with Gasteiger partial charge >= 0.3 is 0 Å². The van der Waals surface area contributed by atoms with Crippen molar-refractivity contribution in [3.63, 3.8) is 0 Å². The largest absolute Gasteiger partial charge is 0.214 e. The van der Waals surface area contributed by atoms with Crippen LogP contribution in [0.3, 0.4) is 0 Å². The first-order valence-electron chi connectivity index (χ1n) is 5.33. The average molecular weight is 266 g/mol. The summed E-state index contributed by atoms with van der Waals surface area (Å²) in [5.74, 6) is 0.830. The van der Waals surface area contributed by atoms with Gasteiger partial charge in [0.15, 0.2) is 5.82 Å². The van der Waals surface area contributed by atoms with Crippen molar-refractivity contribution in [2.45, 2.75) is 12.3 Å². The van der Waals surface area contributed by atoms with Crippen molar-refractivity contribution in [3.8, 4) is 0 Å². The van der Waals surface area contributed by atoms with Crippen molar-refractivity contribution in [1.29, 1.82) is 0 Å². The molecule has 0 spiro atoms. The van der Waals surface area contributed by atoms with Gasteiger partial charge in [0.2, 0.25) is 0 Å². The number of allylic oxidation sites excluding steroid dienone is 6. The number of nitrogens with zero attached hydrogens (tertiary/aromatic N) is 4. The number of rotatable bonds is 2. The van der Waals surface area contributed by atoms with Crippen molar-refractivity contribution in [2.24, 2.45) is 0 Å². The van der Waals surface area contributed by atoms with Gasteiger partial charge in [0.05, 0.1) is 5.41 Å². The molecule has 1 aromatic rings. The van der Waals surface area contributed by atoms with Gasteiger partial charge in [-0.05, 0) is 45.4 Å². The van der Waals surface area contributed by atoms with Crippen molar-refractivity contribution >= 4 is 17.3 Å². The summed E-state index contributed by atoms with van der Waals surface area (Å²) in [5.41, 5.74) is -0.253. The first-order valence-corrected chi connectivity index (χ1v) is 8.08. The molecule has 0 aliphatic heterocycles. The Kier molecular flexibility index (Phi) is 3.56. The second-order valence-electron chi connectivity index (χ2n) is 4.41. The maximum atomic E-state index is 4.11. The molecule has 0 aromatic carbocycles. The summed E-state index contributed by atoms with van der Waals surface area (Å²) >= 11 is 0. The second kappa shape index (κ2) is 4.80. The molecular weight excluding hydrogens is 250 g/mol. The van der Waals surface area contributed by atoms with Gasteiger partial charge in [-0.1, -0.05) is 38.3 Å². The van der Waals surface area contributed by atoms with E-state index in [9.17, 15) is 0 Å². The Balaban J connectivity index is 2.50. The summed E-state index contributed by atoms with van der Waals surface area (Å²) in [6.45, 7) is 6.63. The first-order chi connectivity index (χ1) is 8.03. The molecule has 2 rings (SSSR count). The van der Waals surface area contributed by atoms with Crippen LogP contribution in [0.1, 0.15) is 12.7 Å². The average Bonchev–Trinajstić information content (AvgIpc) is 2.59. The summed E-state index contributed by atoms with van der Waals surface area (Å²) < 4.78 is 1.65. The maximum Gasteiger partial charge on any atom is 0.167 e. The maximum absolute atomic E-state index is 4.11. The molecule has 1 aliphatic rings. The van der Waals surface area contributed by atoms with Crippen LogP contribution in [0.2, 0.25) is 0 Å². The van der Waals surface area contributed by atoms with E-state index in [1.807, 2.05) is 0 Å². The van der Waals surface area contributed by atoms with Crippen molar-refractivity contribution in [1.82, 2.24) is 20.0 Å². The Bertz CT molecular complexity index is 501. The van der Waals surface area contributed by atoms with Crippen LogP contribution >= 0.6 is 17.3 Å². The highest BCUT2D eigenvalue weighted by atomic mass is 31.1. The molecule has 6 heteroatoms. The Morgan fingerprint density at radius 2 is 2.12 bits per heavy atom. The predicted molar refractivity (Wildman–Crippen MR) is 75.4 cm³/mol. The van der Waals surface area contributed by atoms with Gasteiger partial charge in [0, 0.05) is 0 Å². The lowest BCUT2D eigenvalue weighted by Gasteiger charge is -2.21. The monoisotopic (exact) mass is 266 g/mol. The first kappa shape index (κ1) is 12.6. The van der Waals surface area contributed by atoms with Gasteiger partial charge in [0.1, 0.15) is 0 Å². The summed E-state index contributed by atoms with van der Waals surface area (Å²) in [4.78, 5) is 0. The quantitative estimate of drug-likeness (QED) is 0.771. The van der Waals surface area contributed by atoms with Gasteiger partial charge in [-0.15, -0.1) is 5.10 Å². The Labute approximate surface area is 105 Å². The molecule has 0 amide bonds. The molecule has 1 aromatic heterocycles. The van der Waals surface area contributed by atoms with Crippen LogP contribution in [0, 0.1) is 0 Å². The van der Waals surface area contributed by atoms with Crippen molar-refractivity contribution in [3.05, 3.63) is 41.5 Å². The zero-order valence-corrected chi connectivity index (χ0v) is 12.2. The number of aromatic nitrogens is 4. The minimum absolute atomic E-state index is 0.130. The van der Waals surface area contributed by atoms with Crippen molar-refractivity contribution in [2.75, 3.05) is 13.3 Å². The fourth-order valence-electron chi connectivity index (χ4n) is 1.78. The summed E-state index contributed by atoms with van der Waals surface area (Å²) in [6.07, 6.45) is 10.7. The molecule has 0 radical (unpaired) electrons. The van der Waals surface area contributed by atoms with E-state index in [1.165, 1.54) is 5.31 Å². The molecule has 0 saturated heterocycles. The molecule has 1 heterocycles. The van der Waals surface area contributed by atoms with Crippen LogP contribution in [-0.4, -0.2) is 33.3 Å². The Morgan fingerprint density at radius 3 is 2.71 bits per heavy atom.